The van der Waals surface area contributed by atoms with Crippen molar-refractivity contribution < 1.29 is 0 Å². The summed E-state index contributed by atoms with van der Waals surface area (Å²) >= 11 is 0. The highest BCUT2D eigenvalue weighted by atomic mass is 28.3. The summed E-state index contributed by atoms with van der Waals surface area (Å²) in [6.45, 7) is 6.97. The summed E-state index contributed by atoms with van der Waals surface area (Å²) in [5, 5.41) is 0. The lowest BCUT2D eigenvalue weighted by atomic mass is 10.6. The highest BCUT2D eigenvalue weighted by Crippen LogP contribution is 1.99. The largest absolute Gasteiger partial charge is 0.0711 e. The molecule has 43 valence electrons. The summed E-state index contributed by atoms with van der Waals surface area (Å²) in [7, 11) is 0.120. The predicted molar refractivity (Wildman–Crippen MR) is 37.2 cm³/mol. The van der Waals surface area contributed by atoms with Crippen LogP contribution in [0.3, 0.4) is 0 Å². The van der Waals surface area contributed by atoms with Crippen LogP contribution < -0.4 is 0 Å². The average molecular weight is 115 g/mol. The maximum Gasteiger partial charge on any atom is 0.0443 e. The molecule has 1 heteroatoms. The molecule has 0 amide bonds. The first-order chi connectivity index (χ1) is 3.31. The third kappa shape index (κ3) is 4.06. The minimum atomic E-state index is 0.120. The van der Waals surface area contributed by atoms with E-state index >= 15 is 0 Å². The SMILES string of the molecule is CCC[Si](C)CC. The minimum Gasteiger partial charge on any atom is -0.0711 e. The zero-order valence-corrected chi connectivity index (χ0v) is 6.62. The van der Waals surface area contributed by atoms with E-state index in [9.17, 15) is 0 Å². The Morgan fingerprint density at radius 2 is 1.86 bits per heavy atom. The standard InChI is InChI=1S/C6H15Si/c1-4-6-7(3)5-2/h4-6H2,1-3H3. The lowest BCUT2D eigenvalue weighted by Crippen LogP contribution is -2.01. The summed E-state index contributed by atoms with van der Waals surface area (Å²) in [4.78, 5) is 0. The van der Waals surface area contributed by atoms with Gasteiger partial charge in [-0.05, 0) is 0 Å². The molecule has 7 heavy (non-hydrogen) atoms. The number of hydrogen-bond acceptors (Lipinski definition) is 0. The van der Waals surface area contributed by atoms with Crippen LogP contribution in [0, 0.1) is 0 Å². The Bertz CT molecular complexity index is 35.2. The maximum absolute atomic E-state index is 2.41. The van der Waals surface area contributed by atoms with Gasteiger partial charge in [-0.3, -0.25) is 0 Å². The van der Waals surface area contributed by atoms with Gasteiger partial charge in [0.2, 0.25) is 0 Å². The van der Waals surface area contributed by atoms with Gasteiger partial charge in [0, 0.05) is 8.80 Å². The summed E-state index contributed by atoms with van der Waals surface area (Å²) in [5.74, 6) is 0. The van der Waals surface area contributed by atoms with Crippen LogP contribution in [0.25, 0.3) is 0 Å². The molecule has 0 saturated carbocycles. The van der Waals surface area contributed by atoms with Crippen LogP contribution in [0.1, 0.15) is 20.3 Å². The first-order valence-electron chi connectivity index (χ1n) is 3.12. The topological polar surface area (TPSA) is 0 Å². The van der Waals surface area contributed by atoms with Gasteiger partial charge in [-0.2, -0.15) is 0 Å². The lowest BCUT2D eigenvalue weighted by Gasteiger charge is -1.99. The fraction of sp³-hybridized carbons (Fsp3) is 1.00. The zero-order valence-electron chi connectivity index (χ0n) is 5.62. The van der Waals surface area contributed by atoms with Gasteiger partial charge in [-0.15, -0.1) is 0 Å². The van der Waals surface area contributed by atoms with Crippen molar-refractivity contribution in [1.82, 2.24) is 0 Å². The van der Waals surface area contributed by atoms with Gasteiger partial charge in [0.25, 0.3) is 0 Å². The van der Waals surface area contributed by atoms with Gasteiger partial charge in [0.05, 0.1) is 0 Å². The first-order valence-corrected chi connectivity index (χ1v) is 5.54. The molecule has 0 aromatic heterocycles. The van der Waals surface area contributed by atoms with E-state index in [0.717, 1.165) is 0 Å². The summed E-state index contributed by atoms with van der Waals surface area (Å²) < 4.78 is 0. The van der Waals surface area contributed by atoms with E-state index in [1.54, 1.807) is 0 Å². The van der Waals surface area contributed by atoms with Gasteiger partial charge in [-0.25, -0.2) is 0 Å². The van der Waals surface area contributed by atoms with Crippen LogP contribution in [-0.2, 0) is 0 Å². The minimum absolute atomic E-state index is 0.120. The van der Waals surface area contributed by atoms with E-state index in [4.69, 9.17) is 0 Å². The van der Waals surface area contributed by atoms with E-state index in [1.165, 1.54) is 18.5 Å². The van der Waals surface area contributed by atoms with E-state index in [2.05, 4.69) is 20.4 Å². The summed E-state index contributed by atoms with van der Waals surface area (Å²) in [5.41, 5.74) is 0. The molecule has 0 nitrogen and oxygen atoms in total. The van der Waals surface area contributed by atoms with Gasteiger partial charge in [0.1, 0.15) is 0 Å². The molecule has 0 aromatic rings. The monoisotopic (exact) mass is 115 g/mol. The molecule has 0 heterocycles. The Labute approximate surface area is 48.5 Å². The normalized spacial score (nSPS) is 10.3. The quantitative estimate of drug-likeness (QED) is 0.496. The van der Waals surface area contributed by atoms with Gasteiger partial charge in [0.15, 0.2) is 0 Å². The molecule has 0 aromatic carbocycles. The summed E-state index contributed by atoms with van der Waals surface area (Å²) in [6, 6.07) is 2.94. The van der Waals surface area contributed by atoms with Gasteiger partial charge >= 0.3 is 0 Å². The van der Waals surface area contributed by atoms with Crippen LogP contribution in [0.5, 0.6) is 0 Å². The van der Waals surface area contributed by atoms with Crippen molar-refractivity contribution >= 4 is 8.80 Å². The van der Waals surface area contributed by atoms with Crippen LogP contribution in [0.15, 0.2) is 0 Å². The molecule has 0 fully saturated rings. The second-order valence-corrected chi connectivity index (χ2v) is 5.18. The van der Waals surface area contributed by atoms with Gasteiger partial charge in [-0.1, -0.05) is 38.9 Å². The van der Waals surface area contributed by atoms with Crippen molar-refractivity contribution in [3.8, 4) is 0 Å². The van der Waals surface area contributed by atoms with E-state index in [1.807, 2.05) is 0 Å². The molecule has 0 N–H and O–H groups in total. The first kappa shape index (κ1) is 7.22. The van der Waals surface area contributed by atoms with Gasteiger partial charge < -0.3 is 0 Å². The van der Waals surface area contributed by atoms with Crippen molar-refractivity contribution in [1.29, 1.82) is 0 Å². The van der Waals surface area contributed by atoms with E-state index in [0.29, 0.717) is 0 Å². The van der Waals surface area contributed by atoms with Crippen molar-refractivity contribution in [2.24, 2.45) is 0 Å². The second-order valence-electron chi connectivity index (χ2n) is 2.06. The van der Waals surface area contributed by atoms with E-state index in [-0.39, 0.29) is 8.80 Å². The van der Waals surface area contributed by atoms with Crippen LogP contribution in [0.2, 0.25) is 18.6 Å². The Morgan fingerprint density at radius 3 is 2.00 bits per heavy atom. The molecular weight excluding hydrogens is 100 g/mol. The molecule has 0 saturated heterocycles. The number of rotatable bonds is 3. The molecule has 0 atom stereocenters. The predicted octanol–water partition coefficient (Wildman–Crippen LogP) is 2.54. The summed E-state index contributed by atoms with van der Waals surface area (Å²) in [6.07, 6.45) is 1.39. The Morgan fingerprint density at radius 1 is 1.29 bits per heavy atom. The van der Waals surface area contributed by atoms with Crippen LogP contribution >= 0.6 is 0 Å². The maximum atomic E-state index is 2.41. The average Bonchev–Trinajstić information content (AvgIpc) is 1.68. The molecule has 0 aliphatic carbocycles. The van der Waals surface area contributed by atoms with E-state index < -0.39 is 0 Å². The highest BCUT2D eigenvalue weighted by molar-refractivity contribution is 6.57. The fourth-order valence-electron chi connectivity index (χ4n) is 0.604. The molecule has 0 aliphatic rings. The molecule has 1 radical (unpaired) electrons. The molecular formula is C6H15Si. The van der Waals surface area contributed by atoms with Crippen LogP contribution in [0.4, 0.5) is 0 Å². The highest BCUT2D eigenvalue weighted by Gasteiger charge is 1.95. The molecule has 0 rings (SSSR count). The smallest absolute Gasteiger partial charge is 0.0443 e. The van der Waals surface area contributed by atoms with Crippen LogP contribution in [-0.4, -0.2) is 8.80 Å². The Kier molecular flexibility index (Phi) is 4.51. The molecule has 0 bridgehead atoms. The molecule has 0 unspecified atom stereocenters. The second kappa shape index (κ2) is 4.38. The molecule has 0 aliphatic heterocycles. The Balaban J connectivity index is 2.83. The fourth-order valence-corrected chi connectivity index (χ4v) is 1.81. The van der Waals surface area contributed by atoms with Crippen molar-refractivity contribution in [3.63, 3.8) is 0 Å². The zero-order chi connectivity index (χ0) is 5.70. The van der Waals surface area contributed by atoms with Crippen molar-refractivity contribution in [2.75, 3.05) is 0 Å². The third-order valence-corrected chi connectivity index (χ3v) is 3.84. The Hall–Kier alpha value is 0.217. The van der Waals surface area contributed by atoms with Crippen molar-refractivity contribution in [3.05, 3.63) is 0 Å². The lowest BCUT2D eigenvalue weighted by molar-refractivity contribution is 1.05. The van der Waals surface area contributed by atoms with Crippen molar-refractivity contribution in [2.45, 2.75) is 38.9 Å². The number of hydrogen-bond donors (Lipinski definition) is 0. The molecule has 0 spiro atoms. The third-order valence-electron chi connectivity index (χ3n) is 1.28.